The lowest BCUT2D eigenvalue weighted by molar-refractivity contribution is 0.217. The molecule has 1 aromatic rings. The summed E-state index contributed by atoms with van der Waals surface area (Å²) in [5.41, 5.74) is 2.43. The number of nitrogens with one attached hydrogen (secondary N) is 1. The molecule has 1 heterocycles. The molecule has 0 saturated heterocycles. The molecule has 1 aliphatic carbocycles. The lowest BCUT2D eigenvalue weighted by Gasteiger charge is -2.24. The summed E-state index contributed by atoms with van der Waals surface area (Å²) in [5, 5.41) is 3.47. The summed E-state index contributed by atoms with van der Waals surface area (Å²) in [4.78, 5) is 4.64. The predicted octanol–water partition coefficient (Wildman–Crippen LogP) is 4.10. The molecule has 0 amide bonds. The van der Waals surface area contributed by atoms with Crippen molar-refractivity contribution in [2.24, 2.45) is 5.92 Å². The van der Waals surface area contributed by atoms with Gasteiger partial charge in [0.05, 0.1) is 6.61 Å². The van der Waals surface area contributed by atoms with Gasteiger partial charge in [-0.3, -0.25) is 0 Å². The number of aromatic nitrogens is 1. The first-order chi connectivity index (χ1) is 10.2. The largest absolute Gasteiger partial charge is 0.478 e. The van der Waals surface area contributed by atoms with Crippen LogP contribution in [0.3, 0.4) is 0 Å². The Morgan fingerprint density at radius 2 is 2.14 bits per heavy atom. The molecule has 0 spiro atoms. The molecule has 1 aromatic heterocycles. The molecule has 3 heteroatoms. The molecule has 0 bridgehead atoms. The second kappa shape index (κ2) is 8.38. The van der Waals surface area contributed by atoms with Gasteiger partial charge in [-0.1, -0.05) is 46.5 Å². The van der Waals surface area contributed by atoms with Crippen LogP contribution in [-0.4, -0.2) is 17.6 Å². The summed E-state index contributed by atoms with van der Waals surface area (Å²) in [5.74, 6) is 1.70. The Bertz CT molecular complexity index is 427. The van der Waals surface area contributed by atoms with Gasteiger partial charge in [-0.25, -0.2) is 4.98 Å². The second-order valence-corrected chi connectivity index (χ2v) is 6.52. The zero-order valence-corrected chi connectivity index (χ0v) is 13.8. The van der Waals surface area contributed by atoms with Crippen LogP contribution in [0.4, 0.5) is 0 Å². The third-order valence-electron chi connectivity index (χ3n) is 4.14. The van der Waals surface area contributed by atoms with E-state index in [0.29, 0.717) is 6.04 Å². The number of rotatable bonds is 9. The molecule has 3 nitrogen and oxygen atoms in total. The summed E-state index contributed by atoms with van der Waals surface area (Å²) in [6.45, 7) is 8.23. The Kier molecular flexibility index (Phi) is 6.50. The molecule has 0 aromatic carbocycles. The highest BCUT2D eigenvalue weighted by atomic mass is 16.5. The van der Waals surface area contributed by atoms with E-state index >= 15 is 0 Å². The van der Waals surface area contributed by atoms with Gasteiger partial charge in [0.25, 0.3) is 0 Å². The van der Waals surface area contributed by atoms with Crippen molar-refractivity contribution in [3.05, 3.63) is 23.4 Å². The van der Waals surface area contributed by atoms with Gasteiger partial charge in [0.2, 0.25) is 5.88 Å². The minimum Gasteiger partial charge on any atom is -0.478 e. The maximum Gasteiger partial charge on any atom is 0.213 e. The summed E-state index contributed by atoms with van der Waals surface area (Å²) in [6, 6.07) is 4.79. The fourth-order valence-corrected chi connectivity index (χ4v) is 2.61. The number of aryl methyl sites for hydroxylation is 1. The molecule has 118 valence electrons. The van der Waals surface area contributed by atoms with E-state index < -0.39 is 0 Å². The van der Waals surface area contributed by atoms with E-state index in [9.17, 15) is 0 Å². The third kappa shape index (κ3) is 5.66. The number of hydrogen-bond acceptors (Lipinski definition) is 3. The van der Waals surface area contributed by atoms with E-state index in [-0.39, 0.29) is 0 Å². The maximum absolute atomic E-state index is 5.91. The smallest absolute Gasteiger partial charge is 0.213 e. The zero-order valence-electron chi connectivity index (χ0n) is 13.8. The van der Waals surface area contributed by atoms with Crippen molar-refractivity contribution in [1.29, 1.82) is 0 Å². The highest BCUT2D eigenvalue weighted by molar-refractivity contribution is 5.25. The van der Waals surface area contributed by atoms with E-state index in [1.807, 2.05) is 0 Å². The lowest BCUT2D eigenvalue weighted by atomic mass is 9.83. The minimum absolute atomic E-state index is 0.496. The SMILES string of the molecule is CCCc1cc(CNC(C)C)cc(OCCC2CCC2)n1. The monoisotopic (exact) mass is 290 g/mol. The molecular weight excluding hydrogens is 260 g/mol. The van der Waals surface area contributed by atoms with E-state index in [0.717, 1.165) is 43.5 Å². The molecule has 0 unspecified atom stereocenters. The molecular formula is C18H30N2O. The van der Waals surface area contributed by atoms with Crippen LogP contribution in [0.15, 0.2) is 12.1 Å². The van der Waals surface area contributed by atoms with Gasteiger partial charge in [0.15, 0.2) is 0 Å². The topological polar surface area (TPSA) is 34.1 Å². The van der Waals surface area contributed by atoms with Crippen LogP contribution in [-0.2, 0) is 13.0 Å². The molecule has 2 rings (SSSR count). The van der Waals surface area contributed by atoms with Crippen molar-refractivity contribution in [2.45, 2.75) is 71.9 Å². The van der Waals surface area contributed by atoms with Gasteiger partial charge in [-0.15, -0.1) is 0 Å². The molecule has 0 radical (unpaired) electrons. The number of nitrogens with zero attached hydrogens (tertiary/aromatic N) is 1. The molecule has 1 fully saturated rings. The van der Waals surface area contributed by atoms with Crippen molar-refractivity contribution in [2.75, 3.05) is 6.61 Å². The highest BCUT2D eigenvalue weighted by Crippen LogP contribution is 2.29. The Morgan fingerprint density at radius 3 is 2.76 bits per heavy atom. The molecule has 1 aliphatic rings. The fourth-order valence-electron chi connectivity index (χ4n) is 2.61. The maximum atomic E-state index is 5.91. The van der Waals surface area contributed by atoms with Crippen LogP contribution >= 0.6 is 0 Å². The van der Waals surface area contributed by atoms with Gasteiger partial charge in [-0.2, -0.15) is 0 Å². The quantitative estimate of drug-likeness (QED) is 0.743. The Morgan fingerprint density at radius 1 is 1.33 bits per heavy atom. The third-order valence-corrected chi connectivity index (χ3v) is 4.14. The average molecular weight is 290 g/mol. The van der Waals surface area contributed by atoms with Crippen LogP contribution in [0, 0.1) is 5.92 Å². The average Bonchev–Trinajstić information content (AvgIpc) is 2.39. The summed E-state index contributed by atoms with van der Waals surface area (Å²) >= 11 is 0. The Balaban J connectivity index is 1.92. The predicted molar refractivity (Wildman–Crippen MR) is 87.7 cm³/mol. The van der Waals surface area contributed by atoms with Crippen LogP contribution in [0.1, 0.15) is 64.1 Å². The van der Waals surface area contributed by atoms with Crippen molar-refractivity contribution >= 4 is 0 Å². The van der Waals surface area contributed by atoms with Gasteiger partial charge < -0.3 is 10.1 Å². The molecule has 1 N–H and O–H groups in total. The zero-order chi connectivity index (χ0) is 15.1. The van der Waals surface area contributed by atoms with Crippen molar-refractivity contribution in [3.8, 4) is 5.88 Å². The van der Waals surface area contributed by atoms with Crippen molar-refractivity contribution in [1.82, 2.24) is 10.3 Å². The molecule has 1 saturated carbocycles. The van der Waals surface area contributed by atoms with Crippen molar-refractivity contribution in [3.63, 3.8) is 0 Å². The van der Waals surface area contributed by atoms with Crippen LogP contribution in [0.25, 0.3) is 0 Å². The van der Waals surface area contributed by atoms with Gasteiger partial charge in [-0.05, 0) is 30.4 Å². The first-order valence-corrected chi connectivity index (χ1v) is 8.53. The Hall–Kier alpha value is -1.09. The van der Waals surface area contributed by atoms with E-state index in [1.165, 1.54) is 31.2 Å². The Labute approximate surface area is 129 Å². The van der Waals surface area contributed by atoms with E-state index in [4.69, 9.17) is 4.74 Å². The molecule has 0 atom stereocenters. The lowest BCUT2D eigenvalue weighted by Crippen LogP contribution is -2.22. The normalized spacial score (nSPS) is 15.2. The number of pyridine rings is 1. The minimum atomic E-state index is 0.496. The highest BCUT2D eigenvalue weighted by Gasteiger charge is 2.17. The number of ether oxygens (including phenoxy) is 1. The van der Waals surface area contributed by atoms with Gasteiger partial charge in [0.1, 0.15) is 0 Å². The van der Waals surface area contributed by atoms with Crippen LogP contribution in [0.5, 0.6) is 5.88 Å². The van der Waals surface area contributed by atoms with Crippen LogP contribution in [0.2, 0.25) is 0 Å². The summed E-state index contributed by atoms with van der Waals surface area (Å²) in [7, 11) is 0. The van der Waals surface area contributed by atoms with Gasteiger partial charge in [0, 0.05) is 24.3 Å². The summed E-state index contributed by atoms with van der Waals surface area (Å²) in [6.07, 6.45) is 7.50. The second-order valence-electron chi connectivity index (χ2n) is 6.52. The molecule has 0 aliphatic heterocycles. The molecule has 21 heavy (non-hydrogen) atoms. The van der Waals surface area contributed by atoms with Gasteiger partial charge >= 0.3 is 0 Å². The standard InChI is InChI=1S/C18H30N2O/c1-4-6-17-11-16(13-19-14(2)3)12-18(20-17)21-10-9-15-7-5-8-15/h11-12,14-15,19H,4-10,13H2,1-3H3. The number of hydrogen-bond donors (Lipinski definition) is 1. The fraction of sp³-hybridized carbons (Fsp3) is 0.722. The summed E-state index contributed by atoms with van der Waals surface area (Å²) < 4.78 is 5.91. The van der Waals surface area contributed by atoms with Crippen LogP contribution < -0.4 is 10.1 Å². The first kappa shape index (κ1) is 16.3. The first-order valence-electron chi connectivity index (χ1n) is 8.53. The van der Waals surface area contributed by atoms with E-state index in [1.54, 1.807) is 0 Å². The van der Waals surface area contributed by atoms with E-state index in [2.05, 4.69) is 43.2 Å². The van der Waals surface area contributed by atoms with Crippen molar-refractivity contribution < 1.29 is 4.74 Å².